The summed E-state index contributed by atoms with van der Waals surface area (Å²) in [5, 5.41) is 0.906. The normalized spacial score (nSPS) is 10.7. The Morgan fingerprint density at radius 3 is 2.67 bits per heavy atom. The highest BCUT2D eigenvalue weighted by Gasteiger charge is 2.17. The van der Waals surface area contributed by atoms with Crippen LogP contribution < -0.4 is 4.74 Å². The number of ether oxygens (including phenoxy) is 1. The Morgan fingerprint density at radius 2 is 2.04 bits per heavy atom. The van der Waals surface area contributed by atoms with Gasteiger partial charge in [-0.3, -0.25) is 9.78 Å². The molecule has 2 aromatic rings. The van der Waals surface area contributed by atoms with Gasteiger partial charge < -0.3 is 9.64 Å². The molecule has 1 aromatic heterocycles. The van der Waals surface area contributed by atoms with E-state index in [1.54, 1.807) is 30.6 Å². The summed E-state index contributed by atoms with van der Waals surface area (Å²) in [6, 6.07) is 8.97. The molecule has 0 fully saturated rings. The van der Waals surface area contributed by atoms with E-state index in [0.29, 0.717) is 28.8 Å². The molecular weight excluding hydrogens is 347 g/mol. The summed E-state index contributed by atoms with van der Waals surface area (Å²) in [6.07, 6.45) is 3.78. The highest BCUT2D eigenvalue weighted by atomic mass is 35.5. The number of hydrogen-bond acceptors (Lipinski definition) is 3. The zero-order chi connectivity index (χ0) is 17.5. The van der Waals surface area contributed by atoms with Crippen LogP contribution in [0.1, 0.15) is 25.8 Å². The Hall–Kier alpha value is -1.78. The average Bonchev–Trinajstić information content (AvgIpc) is 2.56. The predicted molar refractivity (Wildman–Crippen MR) is 96.5 cm³/mol. The van der Waals surface area contributed by atoms with Crippen molar-refractivity contribution in [1.29, 1.82) is 0 Å². The van der Waals surface area contributed by atoms with Crippen molar-refractivity contribution in [3.05, 3.63) is 58.3 Å². The maximum Gasteiger partial charge on any atom is 0.226 e. The first-order valence-electron chi connectivity index (χ1n) is 7.73. The van der Waals surface area contributed by atoms with Crippen molar-refractivity contribution in [2.24, 2.45) is 0 Å². The summed E-state index contributed by atoms with van der Waals surface area (Å²) >= 11 is 11.8. The van der Waals surface area contributed by atoms with Crippen LogP contribution in [0.3, 0.4) is 0 Å². The summed E-state index contributed by atoms with van der Waals surface area (Å²) < 4.78 is 5.59. The van der Waals surface area contributed by atoms with E-state index in [0.717, 1.165) is 5.56 Å². The Labute approximate surface area is 152 Å². The topological polar surface area (TPSA) is 42.4 Å². The molecule has 0 saturated heterocycles. The van der Waals surface area contributed by atoms with Crippen molar-refractivity contribution < 1.29 is 9.53 Å². The summed E-state index contributed by atoms with van der Waals surface area (Å²) in [6.45, 7) is 4.81. The minimum absolute atomic E-state index is 0.0360. The minimum atomic E-state index is 0.0360. The van der Waals surface area contributed by atoms with Crippen LogP contribution >= 0.6 is 23.2 Å². The number of rotatable bonds is 7. The van der Waals surface area contributed by atoms with Crippen LogP contribution in [0.15, 0.2) is 42.7 Å². The second kappa shape index (κ2) is 8.90. The SMILES string of the molecule is CC(C)N(Cc1cccnc1)C(=O)CCOc1ccc(Cl)c(Cl)c1. The van der Waals surface area contributed by atoms with Crippen LogP contribution in [0.5, 0.6) is 5.75 Å². The molecule has 0 atom stereocenters. The Kier molecular flexibility index (Phi) is 6.88. The molecule has 0 aliphatic heterocycles. The molecule has 0 saturated carbocycles. The molecule has 0 N–H and O–H groups in total. The molecule has 0 aliphatic rings. The van der Waals surface area contributed by atoms with Crippen LogP contribution in [-0.4, -0.2) is 28.4 Å². The van der Waals surface area contributed by atoms with E-state index in [4.69, 9.17) is 27.9 Å². The third-order valence-electron chi connectivity index (χ3n) is 3.50. The molecule has 0 spiro atoms. The van der Waals surface area contributed by atoms with Gasteiger partial charge >= 0.3 is 0 Å². The van der Waals surface area contributed by atoms with E-state index in [2.05, 4.69) is 4.98 Å². The summed E-state index contributed by atoms with van der Waals surface area (Å²) in [5.41, 5.74) is 1.00. The largest absolute Gasteiger partial charge is 0.493 e. The van der Waals surface area contributed by atoms with E-state index in [9.17, 15) is 4.79 Å². The Morgan fingerprint density at radius 1 is 1.25 bits per heavy atom. The van der Waals surface area contributed by atoms with Gasteiger partial charge in [0.1, 0.15) is 5.75 Å². The number of pyridine rings is 1. The van der Waals surface area contributed by atoms with Gasteiger partial charge in [-0.15, -0.1) is 0 Å². The first kappa shape index (κ1) is 18.6. The van der Waals surface area contributed by atoms with Crippen LogP contribution in [-0.2, 0) is 11.3 Å². The van der Waals surface area contributed by atoms with Gasteiger partial charge in [-0.2, -0.15) is 0 Å². The molecule has 0 aliphatic carbocycles. The lowest BCUT2D eigenvalue weighted by Crippen LogP contribution is -2.37. The van der Waals surface area contributed by atoms with Gasteiger partial charge in [0.2, 0.25) is 5.91 Å². The molecule has 2 rings (SSSR count). The smallest absolute Gasteiger partial charge is 0.226 e. The minimum Gasteiger partial charge on any atom is -0.493 e. The monoisotopic (exact) mass is 366 g/mol. The first-order chi connectivity index (χ1) is 11.5. The van der Waals surface area contributed by atoms with Crippen molar-refractivity contribution in [3.8, 4) is 5.75 Å². The molecule has 24 heavy (non-hydrogen) atoms. The Balaban J connectivity index is 1.89. The van der Waals surface area contributed by atoms with Crippen molar-refractivity contribution in [1.82, 2.24) is 9.88 Å². The molecule has 1 aromatic carbocycles. The number of benzene rings is 1. The van der Waals surface area contributed by atoms with E-state index in [-0.39, 0.29) is 18.6 Å². The maximum absolute atomic E-state index is 12.5. The number of amides is 1. The van der Waals surface area contributed by atoms with Crippen molar-refractivity contribution in [2.45, 2.75) is 32.9 Å². The number of nitrogens with zero attached hydrogens (tertiary/aromatic N) is 2. The number of carbonyl (C=O) groups excluding carboxylic acids is 1. The molecule has 4 nitrogen and oxygen atoms in total. The molecule has 1 amide bonds. The van der Waals surface area contributed by atoms with Crippen LogP contribution in [0.25, 0.3) is 0 Å². The van der Waals surface area contributed by atoms with Crippen molar-refractivity contribution >= 4 is 29.1 Å². The summed E-state index contributed by atoms with van der Waals surface area (Å²) in [7, 11) is 0. The zero-order valence-electron chi connectivity index (χ0n) is 13.7. The Bertz CT molecular complexity index is 678. The quantitative estimate of drug-likeness (QED) is 0.719. The standard InChI is InChI=1S/C18H20Cl2N2O2/c1-13(2)22(12-14-4-3-8-21-11-14)18(23)7-9-24-15-5-6-16(19)17(20)10-15/h3-6,8,10-11,13H,7,9,12H2,1-2H3. The van der Waals surface area contributed by atoms with E-state index in [1.165, 1.54) is 0 Å². The fourth-order valence-corrected chi connectivity index (χ4v) is 2.50. The average molecular weight is 367 g/mol. The molecular formula is C18H20Cl2N2O2. The lowest BCUT2D eigenvalue weighted by Gasteiger charge is -2.27. The predicted octanol–water partition coefficient (Wildman–Crippen LogP) is 4.59. The second-order valence-corrected chi connectivity index (χ2v) is 6.47. The molecule has 0 radical (unpaired) electrons. The van der Waals surface area contributed by atoms with E-state index in [1.807, 2.05) is 30.9 Å². The molecule has 128 valence electrons. The summed E-state index contributed by atoms with van der Waals surface area (Å²) in [5.74, 6) is 0.634. The molecule has 1 heterocycles. The fraction of sp³-hybridized carbons (Fsp3) is 0.333. The third kappa shape index (κ3) is 5.39. The number of aromatic nitrogens is 1. The number of halogens is 2. The van der Waals surface area contributed by atoms with Gasteiger partial charge in [-0.05, 0) is 37.6 Å². The zero-order valence-corrected chi connectivity index (χ0v) is 15.2. The first-order valence-corrected chi connectivity index (χ1v) is 8.49. The van der Waals surface area contributed by atoms with Gasteiger partial charge in [0.25, 0.3) is 0 Å². The highest BCUT2D eigenvalue weighted by Crippen LogP contribution is 2.26. The van der Waals surface area contributed by atoms with E-state index < -0.39 is 0 Å². The molecule has 6 heteroatoms. The van der Waals surface area contributed by atoms with Crippen LogP contribution in [0, 0.1) is 0 Å². The van der Waals surface area contributed by atoms with Crippen molar-refractivity contribution in [3.63, 3.8) is 0 Å². The number of carbonyl (C=O) groups is 1. The highest BCUT2D eigenvalue weighted by molar-refractivity contribution is 6.42. The maximum atomic E-state index is 12.5. The number of hydrogen-bond donors (Lipinski definition) is 0. The van der Waals surface area contributed by atoms with Gasteiger partial charge in [0.15, 0.2) is 0 Å². The van der Waals surface area contributed by atoms with Crippen molar-refractivity contribution in [2.75, 3.05) is 6.61 Å². The second-order valence-electron chi connectivity index (χ2n) is 5.65. The molecule has 0 bridgehead atoms. The van der Waals surface area contributed by atoms with Gasteiger partial charge in [-0.1, -0.05) is 29.3 Å². The van der Waals surface area contributed by atoms with Gasteiger partial charge in [0.05, 0.1) is 23.1 Å². The molecule has 0 unspecified atom stereocenters. The third-order valence-corrected chi connectivity index (χ3v) is 4.23. The fourth-order valence-electron chi connectivity index (χ4n) is 2.21. The lowest BCUT2D eigenvalue weighted by atomic mass is 10.2. The lowest BCUT2D eigenvalue weighted by molar-refractivity contribution is -0.134. The van der Waals surface area contributed by atoms with Crippen LogP contribution in [0.4, 0.5) is 0 Å². The van der Waals surface area contributed by atoms with Gasteiger partial charge in [-0.25, -0.2) is 0 Å². The van der Waals surface area contributed by atoms with Gasteiger partial charge in [0, 0.05) is 31.0 Å². The van der Waals surface area contributed by atoms with E-state index >= 15 is 0 Å². The van der Waals surface area contributed by atoms with Crippen LogP contribution in [0.2, 0.25) is 10.0 Å². The summed E-state index contributed by atoms with van der Waals surface area (Å²) in [4.78, 5) is 18.4.